The molecule has 2 aliphatic rings. The first-order valence-electron chi connectivity index (χ1n) is 48.0. The smallest absolute Gasteiger partial charge is 0.252 e. The van der Waals surface area contributed by atoms with Crippen molar-refractivity contribution in [1.29, 1.82) is 0 Å². The largest absolute Gasteiger partial charge is 0.311 e. The molecule has 0 saturated carbocycles. The monoisotopic (exact) mass is 1740 g/mol. The maximum Gasteiger partial charge on any atom is 0.252 e. The van der Waals surface area contributed by atoms with E-state index in [1.165, 1.54) is 120 Å². The quantitative estimate of drug-likeness (QED) is 0.107. The summed E-state index contributed by atoms with van der Waals surface area (Å²) in [5, 5.41) is 9.81. The molecule has 7 heteroatoms. The van der Waals surface area contributed by atoms with Crippen molar-refractivity contribution in [3.05, 3.63) is 416 Å². The van der Waals surface area contributed by atoms with Gasteiger partial charge in [-0.3, -0.25) is 0 Å². The molecule has 22 aromatic rings. The molecule has 0 unspecified atom stereocenters. The summed E-state index contributed by atoms with van der Waals surface area (Å²) in [5.74, 6) is 0. The van der Waals surface area contributed by atoms with Gasteiger partial charge in [0.25, 0.3) is 6.71 Å². The van der Waals surface area contributed by atoms with E-state index in [2.05, 4.69) is 521 Å². The number of hydrogen-bond acceptors (Lipinski definition) is 4. The van der Waals surface area contributed by atoms with Gasteiger partial charge in [0, 0.05) is 111 Å². The Kier molecular flexibility index (Phi) is 18.9. The molecule has 24 rings (SSSR count). The summed E-state index contributed by atoms with van der Waals surface area (Å²) in [5.41, 5.74) is 40.8. The highest BCUT2D eigenvalue weighted by atomic mass is 15.2. The molecule has 654 valence electrons. The van der Waals surface area contributed by atoms with Gasteiger partial charge in [-0.1, -0.05) is 347 Å². The van der Waals surface area contributed by atoms with Gasteiger partial charge in [-0.25, -0.2) is 0 Å². The van der Waals surface area contributed by atoms with Crippen LogP contribution in [-0.2, 0) is 27.1 Å². The molecule has 135 heavy (non-hydrogen) atoms. The van der Waals surface area contributed by atoms with Crippen LogP contribution in [0.15, 0.2) is 388 Å². The van der Waals surface area contributed by atoms with E-state index in [4.69, 9.17) is 0 Å². The fraction of sp³-hybridized carbons (Fsp3) is 0.156. The van der Waals surface area contributed by atoms with Gasteiger partial charge in [0.1, 0.15) is 0 Å². The topological polar surface area (TPSA) is 21.8 Å². The number of benzene rings is 18. The van der Waals surface area contributed by atoms with Gasteiger partial charge in [-0.15, -0.1) is 0 Å². The Labute approximate surface area is 793 Å². The molecule has 0 atom stereocenters. The number of hydrogen-bond donors (Lipinski definition) is 0. The number of rotatable bonds is 13. The van der Waals surface area contributed by atoms with Gasteiger partial charge in [0.05, 0.1) is 44.5 Å². The van der Waals surface area contributed by atoms with Crippen LogP contribution in [0, 0.1) is 0 Å². The average molecular weight is 1740 g/mol. The molecule has 0 saturated heterocycles. The molecular formula is C128H109BN6. The molecule has 0 bridgehead atoms. The third kappa shape index (κ3) is 13.6. The van der Waals surface area contributed by atoms with Crippen molar-refractivity contribution in [2.45, 2.75) is 131 Å². The lowest BCUT2D eigenvalue weighted by Gasteiger charge is -2.46. The first-order chi connectivity index (χ1) is 65.1. The summed E-state index contributed by atoms with van der Waals surface area (Å²) in [4.78, 5) is 10.5. The molecule has 2 aliphatic heterocycles. The number of aromatic nitrogens is 2. The van der Waals surface area contributed by atoms with Crippen LogP contribution in [0.5, 0.6) is 0 Å². The zero-order valence-electron chi connectivity index (χ0n) is 79.7. The minimum atomic E-state index is -0.356. The van der Waals surface area contributed by atoms with Gasteiger partial charge in [-0.05, 0) is 261 Å². The summed E-state index contributed by atoms with van der Waals surface area (Å²) in [6.07, 6.45) is 0. The maximum atomic E-state index is 2.74. The highest BCUT2D eigenvalue weighted by molar-refractivity contribution is 7.00. The van der Waals surface area contributed by atoms with Crippen molar-refractivity contribution >= 4 is 168 Å². The highest BCUT2D eigenvalue weighted by Crippen LogP contribution is 2.56. The Bertz CT molecular complexity index is 7710. The second-order valence-corrected chi connectivity index (χ2v) is 43.0. The molecule has 0 radical (unpaired) electrons. The van der Waals surface area contributed by atoms with Crippen LogP contribution in [0.1, 0.15) is 132 Å². The minimum absolute atomic E-state index is 0.0775. The number of nitrogens with zero attached hydrogens (tertiary/aromatic N) is 6. The lowest BCUT2D eigenvalue weighted by molar-refractivity contribution is 0.590. The molecule has 0 amide bonds. The number of para-hydroxylation sites is 4. The standard InChI is InChI=1S/C128H109BN6/c1-124(2,3)88-46-42-82(43-47-88)85-76-119-121-120(77-85)133(116-75-84(81-32-20-17-21-33-81)45-67-100(116)87-72-107-103-36-24-28-40-113(103)135-114-41-29-25-37-104(114)108(73-87)123(107)135)118-79-98(131(95-60-52-91(53-61-95)127(10,11)12)96-62-54-92(55-63-96)128(13,14)15)65-69-110(118)129(121)109-68-64-97(130(93-56-48-89(49-57-93)125(4,5)6)94-58-50-90(51-59-94)126(7,8)9)78-117(109)132(119)115-74-83(80-30-18-16-19-31-80)44-66-99(115)86-70-105-101-34-22-26-38-111(101)134-112-39-27-23-35-102(112)106(71-86)122(105)134/h16-79H,1-15H3. The van der Waals surface area contributed by atoms with Crippen LogP contribution in [-0.4, -0.2) is 15.5 Å². The van der Waals surface area contributed by atoms with Crippen LogP contribution >= 0.6 is 0 Å². The summed E-state index contributed by atoms with van der Waals surface area (Å²) in [7, 11) is 0. The van der Waals surface area contributed by atoms with E-state index in [9.17, 15) is 0 Å². The highest BCUT2D eigenvalue weighted by Gasteiger charge is 2.46. The molecule has 6 heterocycles. The van der Waals surface area contributed by atoms with Gasteiger partial charge in [-0.2, -0.15) is 0 Å². The van der Waals surface area contributed by atoms with Crippen molar-refractivity contribution in [1.82, 2.24) is 8.80 Å². The molecular weight excluding hydrogens is 1630 g/mol. The predicted molar refractivity (Wildman–Crippen MR) is 580 cm³/mol. The first-order valence-corrected chi connectivity index (χ1v) is 48.0. The number of anilines is 12. The second-order valence-electron chi connectivity index (χ2n) is 43.0. The Hall–Kier alpha value is -15.2. The second kappa shape index (κ2) is 30.7. The molecule has 0 aliphatic carbocycles. The summed E-state index contributed by atoms with van der Waals surface area (Å²) in [6.45, 7) is 34.4. The molecule has 0 spiro atoms. The van der Waals surface area contributed by atoms with E-state index in [1.54, 1.807) is 0 Å². The fourth-order valence-electron chi connectivity index (χ4n) is 22.2. The van der Waals surface area contributed by atoms with Crippen LogP contribution in [0.4, 0.5) is 68.2 Å². The molecule has 4 aromatic heterocycles. The normalized spacial score (nSPS) is 13.1. The lowest BCUT2D eigenvalue weighted by atomic mass is 9.33. The lowest BCUT2D eigenvalue weighted by Crippen LogP contribution is -2.61. The Morgan fingerprint density at radius 3 is 0.756 bits per heavy atom. The van der Waals surface area contributed by atoms with Crippen molar-refractivity contribution < 1.29 is 0 Å². The maximum absolute atomic E-state index is 2.74. The van der Waals surface area contributed by atoms with Gasteiger partial charge >= 0.3 is 0 Å². The zero-order valence-corrected chi connectivity index (χ0v) is 79.7. The third-order valence-corrected chi connectivity index (χ3v) is 29.3. The fourth-order valence-corrected chi connectivity index (χ4v) is 22.2. The van der Waals surface area contributed by atoms with Crippen molar-refractivity contribution in [2.24, 2.45) is 0 Å². The summed E-state index contributed by atoms with van der Waals surface area (Å²) >= 11 is 0. The zero-order chi connectivity index (χ0) is 92.2. The van der Waals surface area contributed by atoms with Crippen LogP contribution < -0.4 is 36.0 Å². The van der Waals surface area contributed by atoms with Crippen molar-refractivity contribution in [3.63, 3.8) is 0 Å². The third-order valence-electron chi connectivity index (χ3n) is 29.3. The van der Waals surface area contributed by atoms with E-state index in [0.29, 0.717) is 0 Å². The molecule has 0 N–H and O–H groups in total. The number of fused-ring (bicyclic) bond motifs is 16. The molecule has 0 fully saturated rings. The average Bonchev–Trinajstić information content (AvgIpc) is 1.66. The van der Waals surface area contributed by atoms with Crippen LogP contribution in [0.2, 0.25) is 0 Å². The van der Waals surface area contributed by atoms with Crippen molar-refractivity contribution in [2.75, 3.05) is 19.6 Å². The first kappa shape index (κ1) is 82.9. The van der Waals surface area contributed by atoms with Crippen LogP contribution in [0.3, 0.4) is 0 Å². The Morgan fingerprint density at radius 2 is 0.452 bits per heavy atom. The molecule has 18 aromatic carbocycles. The minimum Gasteiger partial charge on any atom is -0.311 e. The SMILES string of the molecule is CC(C)(C)c1ccc(-c2cc3c4c(c2)N(c2cc(-c5ccccc5)ccc2-c2cc5c6ccccc6n6c7ccccc7c(c2)c56)c2cc(N(c5ccc(C(C)(C)C)cc5)c5ccc(C(C)(C)C)cc5)ccc2B4c2ccc(N(c4ccc(C(C)(C)C)cc4)c4ccc(C(C)(C)C)cc4)cc2N3c2cc(-c3ccccc3)ccc2-c2cc3c4ccccc4n4c5ccccc5c(c2)c34)cc1. The summed E-state index contributed by atoms with van der Waals surface area (Å²) < 4.78 is 5.02. The predicted octanol–water partition coefficient (Wildman–Crippen LogP) is 33.8. The van der Waals surface area contributed by atoms with Gasteiger partial charge in [0.2, 0.25) is 0 Å². The Morgan fingerprint density at radius 1 is 0.193 bits per heavy atom. The van der Waals surface area contributed by atoms with E-state index in [1.807, 2.05) is 0 Å². The van der Waals surface area contributed by atoms with Crippen LogP contribution in [0.25, 0.3) is 132 Å². The Balaban J connectivity index is 0.860. The summed E-state index contributed by atoms with van der Waals surface area (Å²) in [6, 6.07) is 150. The van der Waals surface area contributed by atoms with E-state index >= 15 is 0 Å². The van der Waals surface area contributed by atoms with E-state index in [-0.39, 0.29) is 33.8 Å². The van der Waals surface area contributed by atoms with Gasteiger partial charge in [0.15, 0.2) is 0 Å². The van der Waals surface area contributed by atoms with E-state index < -0.39 is 0 Å². The molecule has 6 nitrogen and oxygen atoms in total. The van der Waals surface area contributed by atoms with Gasteiger partial charge < -0.3 is 28.4 Å². The van der Waals surface area contributed by atoms with Crippen molar-refractivity contribution in [3.8, 4) is 55.6 Å². The van der Waals surface area contributed by atoms with E-state index in [0.717, 1.165) is 124 Å².